The van der Waals surface area contributed by atoms with Crippen molar-refractivity contribution in [3.63, 3.8) is 0 Å². The van der Waals surface area contributed by atoms with Crippen LogP contribution in [-0.4, -0.2) is 17.7 Å². The molecule has 4 nitrogen and oxygen atoms in total. The summed E-state index contributed by atoms with van der Waals surface area (Å²) in [5, 5.41) is 0. The fourth-order valence-electron chi connectivity index (χ4n) is 0.926. The van der Waals surface area contributed by atoms with Gasteiger partial charge >= 0.3 is 0 Å². The first-order valence-electron chi connectivity index (χ1n) is 4.30. The van der Waals surface area contributed by atoms with E-state index >= 15 is 0 Å². The monoisotopic (exact) mass is 206 g/mol. The minimum atomic E-state index is -0.402. The lowest BCUT2D eigenvalue weighted by atomic mass is 10.0. The van der Waals surface area contributed by atoms with Gasteiger partial charge in [0.25, 0.3) is 5.91 Å². The van der Waals surface area contributed by atoms with Crippen molar-refractivity contribution in [2.75, 3.05) is 5.88 Å². The highest BCUT2D eigenvalue weighted by Gasteiger charge is 2.13. The van der Waals surface area contributed by atoms with Crippen molar-refractivity contribution in [3.8, 4) is 0 Å². The van der Waals surface area contributed by atoms with E-state index in [-0.39, 0.29) is 17.7 Å². The number of hydrazine groups is 1. The average molecular weight is 207 g/mol. The molecule has 5 heteroatoms. The molecular weight excluding hydrogens is 192 g/mol. The number of hydrogen-bond acceptors (Lipinski definition) is 2. The Morgan fingerprint density at radius 2 is 1.77 bits per heavy atom. The number of rotatable bonds is 4. The normalized spacial score (nSPS) is 9.85. The van der Waals surface area contributed by atoms with Gasteiger partial charge in [-0.1, -0.05) is 13.8 Å². The largest absolute Gasteiger partial charge is 0.273 e. The molecule has 0 fully saturated rings. The van der Waals surface area contributed by atoms with Crippen molar-refractivity contribution in [2.45, 2.75) is 26.7 Å². The molecule has 0 heterocycles. The minimum absolute atomic E-state index is 0.0457. The summed E-state index contributed by atoms with van der Waals surface area (Å²) in [5.41, 5.74) is 4.52. The van der Waals surface area contributed by atoms with Crippen LogP contribution in [0.25, 0.3) is 0 Å². The van der Waals surface area contributed by atoms with Crippen molar-refractivity contribution < 1.29 is 9.59 Å². The van der Waals surface area contributed by atoms with Crippen LogP contribution in [0.5, 0.6) is 0 Å². The third kappa shape index (κ3) is 4.72. The van der Waals surface area contributed by atoms with Crippen molar-refractivity contribution in [3.05, 3.63) is 0 Å². The van der Waals surface area contributed by atoms with Gasteiger partial charge in [0.05, 0.1) is 0 Å². The van der Waals surface area contributed by atoms with E-state index in [1.807, 2.05) is 13.8 Å². The minimum Gasteiger partial charge on any atom is -0.273 e. The molecule has 0 aliphatic carbocycles. The first-order chi connectivity index (χ1) is 6.15. The topological polar surface area (TPSA) is 58.2 Å². The van der Waals surface area contributed by atoms with Gasteiger partial charge in [0.2, 0.25) is 5.91 Å². The predicted octanol–water partition coefficient (Wildman–Crippen LogP) is 0.809. The van der Waals surface area contributed by atoms with Gasteiger partial charge in [-0.2, -0.15) is 0 Å². The summed E-state index contributed by atoms with van der Waals surface area (Å²) in [4.78, 5) is 21.9. The quantitative estimate of drug-likeness (QED) is 0.528. The summed E-state index contributed by atoms with van der Waals surface area (Å²) in [6.07, 6.45) is 1.53. The molecule has 0 aromatic carbocycles. The Morgan fingerprint density at radius 3 is 2.15 bits per heavy atom. The van der Waals surface area contributed by atoms with E-state index in [1.54, 1.807) is 0 Å². The van der Waals surface area contributed by atoms with E-state index in [1.165, 1.54) is 0 Å². The molecule has 0 saturated carbocycles. The highest BCUT2D eigenvalue weighted by Crippen LogP contribution is 2.05. The summed E-state index contributed by atoms with van der Waals surface area (Å²) >= 11 is 5.22. The first kappa shape index (κ1) is 12.2. The molecule has 2 amide bonds. The maximum Gasteiger partial charge on any atom is 0.253 e. The number of amides is 2. The average Bonchev–Trinajstić information content (AvgIpc) is 2.16. The predicted molar refractivity (Wildman–Crippen MR) is 51.1 cm³/mol. The summed E-state index contributed by atoms with van der Waals surface area (Å²) < 4.78 is 0. The Kier molecular flexibility index (Phi) is 6.32. The molecule has 0 aliphatic heterocycles. The zero-order chi connectivity index (χ0) is 10.3. The third-order valence-corrected chi connectivity index (χ3v) is 2.05. The Bertz CT molecular complexity index is 181. The smallest absolute Gasteiger partial charge is 0.253 e. The van der Waals surface area contributed by atoms with Crippen LogP contribution >= 0.6 is 11.6 Å². The van der Waals surface area contributed by atoms with Crippen LogP contribution < -0.4 is 10.9 Å². The molecule has 13 heavy (non-hydrogen) atoms. The molecule has 0 rings (SSSR count). The van der Waals surface area contributed by atoms with Gasteiger partial charge < -0.3 is 0 Å². The second-order valence-corrected chi connectivity index (χ2v) is 2.95. The standard InChI is InChI=1S/C8H15ClN2O2/c1-3-6(4-2)8(13)11-10-7(12)5-9/h6H,3-5H2,1-2H3,(H,10,12)(H,11,13). The molecule has 0 aromatic rings. The fraction of sp³-hybridized carbons (Fsp3) is 0.750. The molecule has 0 saturated heterocycles. The van der Waals surface area contributed by atoms with Gasteiger partial charge in [0, 0.05) is 5.92 Å². The number of halogens is 1. The van der Waals surface area contributed by atoms with Crippen LogP contribution in [0.2, 0.25) is 0 Å². The van der Waals surface area contributed by atoms with Crippen molar-refractivity contribution in [2.24, 2.45) is 5.92 Å². The number of alkyl halides is 1. The van der Waals surface area contributed by atoms with Gasteiger partial charge in [-0.3, -0.25) is 20.4 Å². The molecule has 0 bridgehead atoms. The van der Waals surface area contributed by atoms with E-state index < -0.39 is 5.91 Å². The first-order valence-corrected chi connectivity index (χ1v) is 4.83. The van der Waals surface area contributed by atoms with Gasteiger partial charge in [0.1, 0.15) is 5.88 Å². The Labute approximate surface area is 83.0 Å². The third-order valence-electron chi connectivity index (χ3n) is 1.80. The van der Waals surface area contributed by atoms with Gasteiger partial charge in [-0.15, -0.1) is 11.6 Å². The van der Waals surface area contributed by atoms with Crippen molar-refractivity contribution in [1.82, 2.24) is 10.9 Å². The zero-order valence-electron chi connectivity index (χ0n) is 7.89. The van der Waals surface area contributed by atoms with E-state index in [2.05, 4.69) is 10.9 Å². The molecule has 0 aromatic heterocycles. The molecule has 0 aliphatic rings. The summed E-state index contributed by atoms with van der Waals surface area (Å²) in [7, 11) is 0. The summed E-state index contributed by atoms with van der Waals surface area (Å²) in [5.74, 6) is -0.761. The van der Waals surface area contributed by atoms with Gasteiger partial charge in [-0.05, 0) is 12.8 Å². The molecule has 0 unspecified atom stereocenters. The van der Waals surface area contributed by atoms with E-state index in [4.69, 9.17) is 11.6 Å². The molecule has 0 radical (unpaired) electrons. The van der Waals surface area contributed by atoms with Crippen LogP contribution in [0.4, 0.5) is 0 Å². The SMILES string of the molecule is CCC(CC)C(=O)NNC(=O)CCl. The van der Waals surface area contributed by atoms with Gasteiger partial charge in [0.15, 0.2) is 0 Å². The fourth-order valence-corrected chi connectivity index (χ4v) is 0.993. The maximum absolute atomic E-state index is 11.3. The van der Waals surface area contributed by atoms with Crippen molar-refractivity contribution in [1.29, 1.82) is 0 Å². The van der Waals surface area contributed by atoms with Crippen LogP contribution in [-0.2, 0) is 9.59 Å². The molecule has 76 valence electrons. The Hall–Kier alpha value is -0.770. The van der Waals surface area contributed by atoms with Gasteiger partial charge in [-0.25, -0.2) is 0 Å². The van der Waals surface area contributed by atoms with Crippen LogP contribution in [0.3, 0.4) is 0 Å². The lowest BCUT2D eigenvalue weighted by Crippen LogP contribution is -2.44. The van der Waals surface area contributed by atoms with E-state index in [9.17, 15) is 9.59 Å². The van der Waals surface area contributed by atoms with E-state index in [0.717, 1.165) is 12.8 Å². The highest BCUT2D eigenvalue weighted by atomic mass is 35.5. The van der Waals surface area contributed by atoms with Crippen LogP contribution in [0.1, 0.15) is 26.7 Å². The van der Waals surface area contributed by atoms with E-state index in [0.29, 0.717) is 0 Å². The number of carbonyl (C=O) groups is 2. The molecule has 2 N–H and O–H groups in total. The Morgan fingerprint density at radius 1 is 1.23 bits per heavy atom. The second kappa shape index (κ2) is 6.71. The molecule has 0 atom stereocenters. The number of hydrogen-bond donors (Lipinski definition) is 2. The molecular formula is C8H15ClN2O2. The highest BCUT2D eigenvalue weighted by molar-refractivity contribution is 6.27. The van der Waals surface area contributed by atoms with Crippen LogP contribution in [0.15, 0.2) is 0 Å². The Balaban J connectivity index is 3.79. The van der Waals surface area contributed by atoms with Crippen molar-refractivity contribution >= 4 is 23.4 Å². The summed E-state index contributed by atoms with van der Waals surface area (Å²) in [6.45, 7) is 3.86. The maximum atomic E-state index is 11.3. The number of nitrogens with one attached hydrogen (secondary N) is 2. The summed E-state index contributed by atoms with van der Waals surface area (Å²) in [6, 6.07) is 0. The lowest BCUT2D eigenvalue weighted by Gasteiger charge is -2.12. The van der Waals surface area contributed by atoms with Crippen LogP contribution in [0, 0.1) is 5.92 Å². The second-order valence-electron chi connectivity index (χ2n) is 2.68. The number of carbonyl (C=O) groups excluding carboxylic acids is 2. The molecule has 0 spiro atoms. The zero-order valence-corrected chi connectivity index (χ0v) is 8.65. The lowest BCUT2D eigenvalue weighted by molar-refractivity contribution is -0.130.